The minimum absolute atomic E-state index is 0.141. The first-order valence-corrected chi connectivity index (χ1v) is 10.0. The summed E-state index contributed by atoms with van der Waals surface area (Å²) in [7, 11) is 0. The number of benzene rings is 1. The fourth-order valence-corrected chi connectivity index (χ4v) is 4.72. The van der Waals surface area contributed by atoms with Gasteiger partial charge < -0.3 is 4.90 Å². The van der Waals surface area contributed by atoms with E-state index in [2.05, 4.69) is 52.2 Å². The number of thiazole rings is 1. The minimum atomic E-state index is 0.141. The van der Waals surface area contributed by atoms with Gasteiger partial charge >= 0.3 is 0 Å². The van der Waals surface area contributed by atoms with Crippen LogP contribution in [0.2, 0.25) is 0 Å². The van der Waals surface area contributed by atoms with Crippen molar-refractivity contribution in [1.82, 2.24) is 14.8 Å². The van der Waals surface area contributed by atoms with Crippen molar-refractivity contribution in [2.24, 2.45) is 5.92 Å². The molecule has 25 heavy (non-hydrogen) atoms. The predicted octanol–water partition coefficient (Wildman–Crippen LogP) is 3.38. The molecule has 4 nitrogen and oxygen atoms in total. The predicted molar refractivity (Wildman–Crippen MR) is 100 cm³/mol. The van der Waals surface area contributed by atoms with Gasteiger partial charge in [0.15, 0.2) is 0 Å². The molecule has 0 aliphatic carbocycles. The highest BCUT2D eigenvalue weighted by Crippen LogP contribution is 2.31. The van der Waals surface area contributed by atoms with Crippen LogP contribution >= 0.6 is 11.3 Å². The van der Waals surface area contributed by atoms with Crippen molar-refractivity contribution in [3.05, 3.63) is 51.5 Å². The highest BCUT2D eigenvalue weighted by Gasteiger charge is 2.40. The second-order valence-corrected chi connectivity index (χ2v) is 8.22. The third-order valence-corrected chi connectivity index (χ3v) is 6.22. The summed E-state index contributed by atoms with van der Waals surface area (Å²) in [5, 5.41) is 2.06. The van der Waals surface area contributed by atoms with Crippen LogP contribution in [0.5, 0.6) is 0 Å². The van der Waals surface area contributed by atoms with E-state index in [0.717, 1.165) is 38.2 Å². The molecule has 1 amide bonds. The van der Waals surface area contributed by atoms with Crippen LogP contribution < -0.4 is 0 Å². The van der Waals surface area contributed by atoms with Gasteiger partial charge in [-0.2, -0.15) is 0 Å². The third kappa shape index (κ3) is 3.48. The molecular formula is C20H25N3OS. The maximum absolute atomic E-state index is 12.9. The van der Waals surface area contributed by atoms with E-state index in [0.29, 0.717) is 18.5 Å². The van der Waals surface area contributed by atoms with Crippen molar-refractivity contribution in [3.63, 3.8) is 0 Å². The van der Waals surface area contributed by atoms with Gasteiger partial charge in [-0.3, -0.25) is 9.69 Å². The van der Waals surface area contributed by atoms with Gasteiger partial charge in [-0.15, -0.1) is 11.3 Å². The number of amides is 1. The van der Waals surface area contributed by atoms with Gasteiger partial charge in [0.1, 0.15) is 0 Å². The maximum atomic E-state index is 12.9. The van der Waals surface area contributed by atoms with Crippen LogP contribution in [0.25, 0.3) is 0 Å². The topological polar surface area (TPSA) is 36.4 Å². The smallest absolute Gasteiger partial charge is 0.227 e. The molecule has 0 saturated carbocycles. The number of aryl methyl sites for hydroxylation is 2. The number of fused-ring (bicyclic) bond motifs is 4. The van der Waals surface area contributed by atoms with Crippen molar-refractivity contribution in [2.75, 3.05) is 13.1 Å². The standard InChI is InChI=1S/C20H25N3OS/c1-14-3-4-15(2)17(7-14)9-22-8-16-5-6-19(11-22)23(20(16)24)10-18-12-25-13-21-18/h3-4,7,12-13,16,19H,5-6,8-11H2,1-2H3/t16-,19+/m0/s1. The molecule has 0 unspecified atom stereocenters. The lowest BCUT2D eigenvalue weighted by Crippen LogP contribution is -2.47. The van der Waals surface area contributed by atoms with E-state index in [9.17, 15) is 4.79 Å². The van der Waals surface area contributed by atoms with Crippen molar-refractivity contribution >= 4 is 17.2 Å². The van der Waals surface area contributed by atoms with E-state index >= 15 is 0 Å². The lowest BCUT2D eigenvalue weighted by molar-refractivity contribution is -0.140. The van der Waals surface area contributed by atoms with Crippen LogP contribution in [0.1, 0.15) is 35.2 Å². The summed E-state index contributed by atoms with van der Waals surface area (Å²) < 4.78 is 0. The summed E-state index contributed by atoms with van der Waals surface area (Å²) in [6, 6.07) is 6.98. The fourth-order valence-electron chi connectivity index (χ4n) is 4.17. The quantitative estimate of drug-likeness (QED) is 0.844. The summed E-state index contributed by atoms with van der Waals surface area (Å²) in [5.74, 6) is 0.468. The largest absolute Gasteiger partial charge is 0.332 e. The van der Waals surface area contributed by atoms with Crippen LogP contribution in [0.3, 0.4) is 0 Å². The average molecular weight is 356 g/mol. The molecule has 2 aromatic rings. The Morgan fingerprint density at radius 1 is 1.20 bits per heavy atom. The van der Waals surface area contributed by atoms with Gasteiger partial charge in [0.25, 0.3) is 0 Å². The van der Waals surface area contributed by atoms with Crippen LogP contribution in [0, 0.1) is 19.8 Å². The van der Waals surface area contributed by atoms with Gasteiger partial charge in [0.05, 0.1) is 23.7 Å². The molecule has 0 N–H and O–H groups in total. The number of piperidine rings is 1. The molecule has 3 fully saturated rings. The first-order valence-electron chi connectivity index (χ1n) is 9.06. The van der Waals surface area contributed by atoms with Crippen molar-refractivity contribution in [2.45, 2.75) is 45.8 Å². The fraction of sp³-hybridized carbons (Fsp3) is 0.500. The SMILES string of the molecule is Cc1ccc(C)c(CN2C[C@@H]3CC[C@H](C2)N(Cc2cscn2)C3=O)c1. The zero-order chi connectivity index (χ0) is 17.4. The second-order valence-electron chi connectivity index (χ2n) is 7.50. The minimum Gasteiger partial charge on any atom is -0.332 e. The number of carbonyl (C=O) groups excluding carboxylic acids is 1. The molecule has 132 valence electrons. The highest BCUT2D eigenvalue weighted by atomic mass is 32.1. The first-order chi connectivity index (χ1) is 12.1. The maximum Gasteiger partial charge on any atom is 0.227 e. The molecule has 5 heteroatoms. The van der Waals surface area contributed by atoms with Gasteiger partial charge in [-0.25, -0.2) is 4.98 Å². The molecule has 5 rings (SSSR count). The Kier molecular flexibility index (Phi) is 4.61. The van der Waals surface area contributed by atoms with Gasteiger partial charge in [-0.05, 0) is 37.8 Å². The Morgan fingerprint density at radius 2 is 2.08 bits per heavy atom. The Bertz CT molecular complexity index is 758. The van der Waals surface area contributed by atoms with Gasteiger partial charge in [0, 0.05) is 31.1 Å². The second kappa shape index (κ2) is 6.89. The Labute approximate surface area is 153 Å². The van der Waals surface area contributed by atoms with Crippen LogP contribution in [0.4, 0.5) is 0 Å². The third-order valence-electron chi connectivity index (χ3n) is 5.58. The summed E-state index contributed by atoms with van der Waals surface area (Å²) in [4.78, 5) is 21.9. The van der Waals surface area contributed by atoms with Crippen LogP contribution in [-0.4, -0.2) is 39.8 Å². The number of nitrogens with zero attached hydrogens (tertiary/aromatic N) is 3. The van der Waals surface area contributed by atoms with Crippen LogP contribution in [0.15, 0.2) is 29.1 Å². The summed E-state index contributed by atoms with van der Waals surface area (Å²) in [6.07, 6.45) is 2.14. The van der Waals surface area contributed by atoms with Crippen molar-refractivity contribution in [3.8, 4) is 0 Å². The zero-order valence-corrected chi connectivity index (χ0v) is 15.8. The number of aromatic nitrogens is 1. The molecule has 3 aliphatic rings. The van der Waals surface area contributed by atoms with E-state index in [1.165, 1.54) is 16.7 Å². The molecule has 0 radical (unpaired) electrons. The van der Waals surface area contributed by atoms with E-state index < -0.39 is 0 Å². The van der Waals surface area contributed by atoms with Crippen molar-refractivity contribution < 1.29 is 4.79 Å². The number of carbonyl (C=O) groups is 1. The Balaban J connectivity index is 1.52. The van der Waals surface area contributed by atoms with E-state index in [4.69, 9.17) is 0 Å². The van der Waals surface area contributed by atoms with Crippen LogP contribution in [-0.2, 0) is 17.9 Å². The Morgan fingerprint density at radius 3 is 2.88 bits per heavy atom. The molecular weight excluding hydrogens is 330 g/mol. The highest BCUT2D eigenvalue weighted by molar-refractivity contribution is 7.07. The number of hydrogen-bond acceptors (Lipinski definition) is 4. The van der Waals surface area contributed by atoms with Crippen molar-refractivity contribution in [1.29, 1.82) is 0 Å². The molecule has 2 atom stereocenters. The summed E-state index contributed by atoms with van der Waals surface area (Å²) in [5.41, 5.74) is 6.90. The van der Waals surface area contributed by atoms with E-state index in [1.54, 1.807) is 11.3 Å². The Hall–Kier alpha value is -1.72. The summed E-state index contributed by atoms with van der Waals surface area (Å²) in [6.45, 7) is 7.80. The molecule has 2 bridgehead atoms. The molecule has 3 aliphatic heterocycles. The van der Waals surface area contributed by atoms with E-state index in [-0.39, 0.29) is 5.92 Å². The van der Waals surface area contributed by atoms with Gasteiger partial charge in [-0.1, -0.05) is 23.8 Å². The van der Waals surface area contributed by atoms with Gasteiger partial charge in [0.2, 0.25) is 5.91 Å². The first kappa shape index (κ1) is 16.7. The molecule has 1 aromatic carbocycles. The number of hydrogen-bond donors (Lipinski definition) is 0. The molecule has 4 heterocycles. The molecule has 1 aromatic heterocycles. The van der Waals surface area contributed by atoms with E-state index in [1.807, 2.05) is 5.51 Å². The number of rotatable bonds is 4. The molecule has 0 spiro atoms. The zero-order valence-electron chi connectivity index (χ0n) is 14.9. The monoisotopic (exact) mass is 355 g/mol. The lowest BCUT2D eigenvalue weighted by atomic mass is 9.94. The summed E-state index contributed by atoms with van der Waals surface area (Å²) >= 11 is 1.60. The lowest BCUT2D eigenvalue weighted by Gasteiger charge is -2.35. The average Bonchev–Trinajstić information content (AvgIpc) is 2.97. The molecule has 3 saturated heterocycles. The normalized spacial score (nSPS) is 23.9.